The van der Waals surface area contributed by atoms with Crippen molar-refractivity contribution < 1.29 is 0 Å². The molecule has 0 saturated heterocycles. The average Bonchev–Trinajstić information content (AvgIpc) is 2.72. The second-order valence-electron chi connectivity index (χ2n) is 6.31. The summed E-state index contributed by atoms with van der Waals surface area (Å²) in [5, 5.41) is 3.38. The van der Waals surface area contributed by atoms with E-state index in [1.54, 1.807) is 0 Å². The SMILES string of the molecule is CCCCCC(C)(C)Cn1cnc2c1CCNC2. The van der Waals surface area contributed by atoms with Crippen molar-refractivity contribution in [3.63, 3.8) is 0 Å². The van der Waals surface area contributed by atoms with Crippen molar-refractivity contribution in [2.75, 3.05) is 6.54 Å². The lowest BCUT2D eigenvalue weighted by atomic mass is 9.86. The number of rotatable bonds is 6. The van der Waals surface area contributed by atoms with Crippen LogP contribution in [0.3, 0.4) is 0 Å². The van der Waals surface area contributed by atoms with Gasteiger partial charge < -0.3 is 9.88 Å². The highest BCUT2D eigenvalue weighted by atomic mass is 15.1. The molecule has 0 fully saturated rings. The molecule has 1 N–H and O–H groups in total. The molecule has 1 aliphatic heterocycles. The summed E-state index contributed by atoms with van der Waals surface area (Å²) in [7, 11) is 0. The Morgan fingerprint density at radius 2 is 2.22 bits per heavy atom. The maximum absolute atomic E-state index is 4.54. The fourth-order valence-corrected chi connectivity index (χ4v) is 2.83. The quantitative estimate of drug-likeness (QED) is 0.785. The van der Waals surface area contributed by atoms with Gasteiger partial charge in [0.2, 0.25) is 0 Å². The highest BCUT2D eigenvalue weighted by Gasteiger charge is 2.22. The van der Waals surface area contributed by atoms with Crippen LogP contribution >= 0.6 is 0 Å². The molecule has 0 radical (unpaired) electrons. The Balaban J connectivity index is 1.97. The average molecular weight is 249 g/mol. The first-order valence-corrected chi connectivity index (χ1v) is 7.36. The fourth-order valence-electron chi connectivity index (χ4n) is 2.83. The lowest BCUT2D eigenvalue weighted by molar-refractivity contribution is 0.267. The predicted molar refractivity (Wildman–Crippen MR) is 75.6 cm³/mol. The summed E-state index contributed by atoms with van der Waals surface area (Å²) in [6.07, 6.45) is 8.49. The van der Waals surface area contributed by atoms with Gasteiger partial charge in [-0.15, -0.1) is 0 Å². The van der Waals surface area contributed by atoms with E-state index in [9.17, 15) is 0 Å². The van der Waals surface area contributed by atoms with Crippen molar-refractivity contribution in [2.45, 2.75) is 66.0 Å². The van der Waals surface area contributed by atoms with Gasteiger partial charge in [-0.1, -0.05) is 40.0 Å². The number of nitrogens with zero attached hydrogens (tertiary/aromatic N) is 2. The normalized spacial score (nSPS) is 15.7. The zero-order valence-electron chi connectivity index (χ0n) is 12.1. The van der Waals surface area contributed by atoms with E-state index in [0.717, 1.165) is 26.1 Å². The Labute approximate surface area is 111 Å². The van der Waals surface area contributed by atoms with Gasteiger partial charge in [-0.05, 0) is 11.8 Å². The van der Waals surface area contributed by atoms with Crippen LogP contribution in [0.15, 0.2) is 6.33 Å². The van der Waals surface area contributed by atoms with Crippen LogP contribution in [-0.4, -0.2) is 16.1 Å². The van der Waals surface area contributed by atoms with Gasteiger partial charge >= 0.3 is 0 Å². The number of nitrogens with one attached hydrogen (secondary N) is 1. The Morgan fingerprint density at radius 1 is 1.39 bits per heavy atom. The molecule has 102 valence electrons. The first-order chi connectivity index (χ1) is 8.62. The molecule has 1 aliphatic rings. The highest BCUT2D eigenvalue weighted by Crippen LogP contribution is 2.27. The smallest absolute Gasteiger partial charge is 0.0952 e. The van der Waals surface area contributed by atoms with Gasteiger partial charge in [-0.2, -0.15) is 0 Å². The van der Waals surface area contributed by atoms with Crippen molar-refractivity contribution in [2.24, 2.45) is 5.41 Å². The third kappa shape index (κ3) is 3.35. The Bertz CT molecular complexity index is 379. The molecule has 1 aromatic heterocycles. The van der Waals surface area contributed by atoms with Crippen LogP contribution in [-0.2, 0) is 19.5 Å². The minimum absolute atomic E-state index is 0.383. The molecule has 0 spiro atoms. The van der Waals surface area contributed by atoms with E-state index in [1.807, 2.05) is 6.33 Å². The van der Waals surface area contributed by atoms with E-state index in [4.69, 9.17) is 0 Å². The van der Waals surface area contributed by atoms with Crippen molar-refractivity contribution in [3.05, 3.63) is 17.7 Å². The maximum Gasteiger partial charge on any atom is 0.0952 e. The summed E-state index contributed by atoms with van der Waals surface area (Å²) in [4.78, 5) is 4.54. The van der Waals surface area contributed by atoms with Crippen LogP contribution in [0, 0.1) is 5.41 Å². The van der Waals surface area contributed by atoms with Crippen LogP contribution in [0.2, 0.25) is 0 Å². The van der Waals surface area contributed by atoms with Crippen LogP contribution in [0.25, 0.3) is 0 Å². The standard InChI is InChI=1S/C15H27N3/c1-4-5-6-8-15(2,3)11-18-12-17-13-10-16-9-7-14(13)18/h12,16H,4-11H2,1-3H3. The van der Waals surface area contributed by atoms with Gasteiger partial charge in [-0.25, -0.2) is 4.98 Å². The first kappa shape index (κ1) is 13.6. The van der Waals surface area contributed by atoms with E-state index in [2.05, 4.69) is 35.6 Å². The summed E-state index contributed by atoms with van der Waals surface area (Å²) in [5.41, 5.74) is 3.09. The summed E-state index contributed by atoms with van der Waals surface area (Å²) >= 11 is 0. The van der Waals surface area contributed by atoms with Gasteiger partial charge in [-0.3, -0.25) is 0 Å². The molecule has 0 unspecified atom stereocenters. The lowest BCUT2D eigenvalue weighted by Crippen LogP contribution is -2.27. The molecule has 1 aromatic rings. The molecular weight excluding hydrogens is 222 g/mol. The second-order valence-corrected chi connectivity index (χ2v) is 6.31. The lowest BCUT2D eigenvalue weighted by Gasteiger charge is -2.27. The van der Waals surface area contributed by atoms with Crippen LogP contribution < -0.4 is 5.32 Å². The number of fused-ring (bicyclic) bond motifs is 1. The number of hydrogen-bond donors (Lipinski definition) is 1. The molecule has 0 saturated carbocycles. The summed E-state index contributed by atoms with van der Waals surface area (Å²) in [6, 6.07) is 0. The molecule has 0 amide bonds. The van der Waals surface area contributed by atoms with Crippen molar-refractivity contribution in [1.82, 2.24) is 14.9 Å². The molecule has 3 nitrogen and oxygen atoms in total. The summed E-state index contributed by atoms with van der Waals surface area (Å²) < 4.78 is 2.39. The number of aromatic nitrogens is 2. The molecule has 2 heterocycles. The van der Waals surface area contributed by atoms with Crippen LogP contribution in [0.5, 0.6) is 0 Å². The molecule has 0 aliphatic carbocycles. The fraction of sp³-hybridized carbons (Fsp3) is 0.800. The summed E-state index contributed by atoms with van der Waals surface area (Å²) in [5.74, 6) is 0. The highest BCUT2D eigenvalue weighted by molar-refractivity contribution is 5.16. The monoisotopic (exact) mass is 249 g/mol. The van der Waals surface area contributed by atoms with Crippen molar-refractivity contribution in [3.8, 4) is 0 Å². The predicted octanol–water partition coefficient (Wildman–Crippen LogP) is 3.14. The molecule has 0 bridgehead atoms. The zero-order chi connectivity index (χ0) is 13.0. The number of hydrogen-bond acceptors (Lipinski definition) is 2. The summed E-state index contributed by atoms with van der Waals surface area (Å²) in [6.45, 7) is 10.2. The third-order valence-electron chi connectivity index (χ3n) is 3.92. The minimum atomic E-state index is 0.383. The Kier molecular flexibility index (Phi) is 4.44. The Morgan fingerprint density at radius 3 is 3.00 bits per heavy atom. The molecule has 3 heteroatoms. The minimum Gasteiger partial charge on any atom is -0.334 e. The number of unbranched alkanes of at least 4 members (excludes halogenated alkanes) is 2. The van der Waals surface area contributed by atoms with Crippen molar-refractivity contribution in [1.29, 1.82) is 0 Å². The molecule has 2 rings (SSSR count). The maximum atomic E-state index is 4.54. The molecule has 0 aromatic carbocycles. The van der Waals surface area contributed by atoms with Crippen LogP contribution in [0.1, 0.15) is 57.8 Å². The van der Waals surface area contributed by atoms with E-state index >= 15 is 0 Å². The molecule has 0 atom stereocenters. The topological polar surface area (TPSA) is 29.9 Å². The van der Waals surface area contributed by atoms with Gasteiger partial charge in [0.05, 0.1) is 12.0 Å². The first-order valence-electron chi connectivity index (χ1n) is 7.36. The van der Waals surface area contributed by atoms with Gasteiger partial charge in [0.1, 0.15) is 0 Å². The number of imidazole rings is 1. The third-order valence-corrected chi connectivity index (χ3v) is 3.92. The van der Waals surface area contributed by atoms with E-state index in [0.29, 0.717) is 5.41 Å². The zero-order valence-corrected chi connectivity index (χ0v) is 12.1. The van der Waals surface area contributed by atoms with Gasteiger partial charge in [0.25, 0.3) is 0 Å². The van der Waals surface area contributed by atoms with Gasteiger partial charge in [0.15, 0.2) is 0 Å². The van der Waals surface area contributed by atoms with E-state index < -0.39 is 0 Å². The van der Waals surface area contributed by atoms with Gasteiger partial charge in [0, 0.05) is 31.7 Å². The Hall–Kier alpha value is -0.830. The van der Waals surface area contributed by atoms with E-state index in [-0.39, 0.29) is 0 Å². The second kappa shape index (κ2) is 5.87. The molecular formula is C15H27N3. The van der Waals surface area contributed by atoms with E-state index in [1.165, 1.54) is 37.1 Å². The molecule has 18 heavy (non-hydrogen) atoms. The van der Waals surface area contributed by atoms with Crippen LogP contribution in [0.4, 0.5) is 0 Å². The largest absolute Gasteiger partial charge is 0.334 e. The van der Waals surface area contributed by atoms with Crippen molar-refractivity contribution >= 4 is 0 Å².